The molecule has 5 nitrogen and oxygen atoms in total. The third kappa shape index (κ3) is 3.94. The standard InChI is InChI=1S/C12H16N4OS3/c1-8(6-9-4-5-19-7-9)16(2)12(17)14-10-13-11(18-3)15-20-10/h4-5,7-8H,6H2,1-3H3,(H,13,14,15,17)/t8-/m0/s1. The molecule has 2 aromatic heterocycles. The van der Waals surface area contributed by atoms with E-state index < -0.39 is 0 Å². The van der Waals surface area contributed by atoms with Gasteiger partial charge in [0.1, 0.15) is 0 Å². The molecule has 0 unspecified atom stereocenters. The normalized spacial score (nSPS) is 12.2. The monoisotopic (exact) mass is 328 g/mol. The highest BCUT2D eigenvalue weighted by atomic mass is 32.2. The number of aromatic nitrogens is 2. The number of hydrogen-bond donors (Lipinski definition) is 1. The Hall–Kier alpha value is -1.12. The number of carbonyl (C=O) groups is 1. The molecular formula is C12H16N4OS3. The molecule has 0 saturated heterocycles. The van der Waals surface area contributed by atoms with Gasteiger partial charge in [0.05, 0.1) is 0 Å². The van der Waals surface area contributed by atoms with Gasteiger partial charge in [-0.3, -0.25) is 5.32 Å². The second-order valence-electron chi connectivity index (χ2n) is 4.31. The van der Waals surface area contributed by atoms with Crippen LogP contribution in [0.4, 0.5) is 9.93 Å². The lowest BCUT2D eigenvalue weighted by molar-refractivity contribution is 0.207. The maximum absolute atomic E-state index is 12.1. The minimum Gasteiger partial charge on any atom is -0.324 e. The Morgan fingerprint density at radius 1 is 1.60 bits per heavy atom. The van der Waals surface area contributed by atoms with E-state index in [1.165, 1.54) is 28.9 Å². The number of carbonyl (C=O) groups excluding carboxylic acids is 1. The van der Waals surface area contributed by atoms with E-state index in [0.717, 1.165) is 6.42 Å². The van der Waals surface area contributed by atoms with Gasteiger partial charge in [-0.05, 0) is 42.0 Å². The summed E-state index contributed by atoms with van der Waals surface area (Å²) in [6.07, 6.45) is 2.75. The van der Waals surface area contributed by atoms with Crippen LogP contribution in [0.3, 0.4) is 0 Å². The van der Waals surface area contributed by atoms with Crippen LogP contribution in [0.25, 0.3) is 0 Å². The quantitative estimate of drug-likeness (QED) is 0.855. The van der Waals surface area contributed by atoms with Crippen molar-refractivity contribution in [2.75, 3.05) is 18.6 Å². The molecule has 0 aliphatic rings. The van der Waals surface area contributed by atoms with Crippen LogP contribution in [0.5, 0.6) is 0 Å². The number of rotatable bonds is 5. The molecule has 0 aliphatic heterocycles. The first kappa shape index (κ1) is 15.3. The number of nitrogens with one attached hydrogen (secondary N) is 1. The summed E-state index contributed by atoms with van der Waals surface area (Å²) in [5.74, 6) is 0. The third-order valence-corrected chi connectivity index (χ3v) is 4.92. The SMILES string of the molecule is CSc1nsc(NC(=O)N(C)[C@@H](C)Cc2ccsc2)n1. The fourth-order valence-corrected chi connectivity index (χ4v) is 3.41. The molecule has 2 rings (SSSR count). The van der Waals surface area contributed by atoms with E-state index >= 15 is 0 Å². The van der Waals surface area contributed by atoms with E-state index in [4.69, 9.17) is 0 Å². The first-order chi connectivity index (χ1) is 9.60. The molecule has 0 bridgehead atoms. The van der Waals surface area contributed by atoms with Gasteiger partial charge in [0.25, 0.3) is 0 Å². The topological polar surface area (TPSA) is 58.1 Å². The van der Waals surface area contributed by atoms with Crippen molar-refractivity contribution in [1.82, 2.24) is 14.3 Å². The van der Waals surface area contributed by atoms with Crippen LogP contribution in [0.1, 0.15) is 12.5 Å². The van der Waals surface area contributed by atoms with Crippen molar-refractivity contribution in [3.63, 3.8) is 0 Å². The molecule has 2 aromatic rings. The molecule has 0 radical (unpaired) electrons. The van der Waals surface area contributed by atoms with Gasteiger partial charge < -0.3 is 4.90 Å². The van der Waals surface area contributed by atoms with E-state index in [9.17, 15) is 4.79 Å². The molecule has 0 spiro atoms. The Balaban J connectivity index is 1.90. The van der Waals surface area contributed by atoms with Crippen LogP contribution in [-0.2, 0) is 6.42 Å². The molecule has 0 aromatic carbocycles. The summed E-state index contributed by atoms with van der Waals surface area (Å²) < 4.78 is 4.11. The number of likely N-dealkylation sites (N-methyl/N-ethyl adjacent to an activating group) is 1. The highest BCUT2D eigenvalue weighted by Gasteiger charge is 2.17. The Kier molecular flexibility index (Phi) is 5.38. The maximum atomic E-state index is 12.1. The lowest BCUT2D eigenvalue weighted by Crippen LogP contribution is -2.39. The first-order valence-electron chi connectivity index (χ1n) is 6.02. The van der Waals surface area contributed by atoms with Gasteiger partial charge in [-0.15, -0.1) is 0 Å². The second-order valence-corrected chi connectivity index (χ2v) is 6.62. The minimum atomic E-state index is -0.156. The van der Waals surface area contributed by atoms with E-state index in [2.05, 4.69) is 26.1 Å². The minimum absolute atomic E-state index is 0.123. The smallest absolute Gasteiger partial charge is 0.323 e. The van der Waals surface area contributed by atoms with E-state index in [1.54, 1.807) is 23.3 Å². The second kappa shape index (κ2) is 7.05. The van der Waals surface area contributed by atoms with Crippen molar-refractivity contribution in [2.24, 2.45) is 0 Å². The number of urea groups is 1. The molecule has 108 valence electrons. The largest absolute Gasteiger partial charge is 0.324 e. The summed E-state index contributed by atoms with van der Waals surface area (Å²) in [7, 11) is 1.79. The molecule has 20 heavy (non-hydrogen) atoms. The van der Waals surface area contributed by atoms with Gasteiger partial charge in [-0.25, -0.2) is 4.79 Å². The molecule has 2 heterocycles. The molecule has 2 amide bonds. The summed E-state index contributed by atoms with van der Waals surface area (Å²) in [6, 6.07) is 2.05. The highest BCUT2D eigenvalue weighted by Crippen LogP contribution is 2.18. The molecule has 1 N–H and O–H groups in total. The Morgan fingerprint density at radius 2 is 2.40 bits per heavy atom. The summed E-state index contributed by atoms with van der Waals surface area (Å²) in [5, 5.41) is 8.15. The maximum Gasteiger partial charge on any atom is 0.323 e. The van der Waals surface area contributed by atoms with E-state index in [0.29, 0.717) is 10.3 Å². The first-order valence-corrected chi connectivity index (χ1v) is 8.97. The van der Waals surface area contributed by atoms with Gasteiger partial charge in [-0.2, -0.15) is 20.7 Å². The molecule has 0 fully saturated rings. The number of thiophene rings is 1. The molecule has 8 heteroatoms. The van der Waals surface area contributed by atoms with Crippen molar-refractivity contribution in [3.8, 4) is 0 Å². The van der Waals surface area contributed by atoms with Crippen LogP contribution < -0.4 is 5.32 Å². The predicted octanol–water partition coefficient (Wildman–Crippen LogP) is 3.42. The van der Waals surface area contributed by atoms with Crippen molar-refractivity contribution in [2.45, 2.75) is 24.5 Å². The van der Waals surface area contributed by atoms with Gasteiger partial charge in [-0.1, -0.05) is 11.8 Å². The lowest BCUT2D eigenvalue weighted by Gasteiger charge is -2.24. The van der Waals surface area contributed by atoms with Crippen LogP contribution in [-0.4, -0.2) is 39.6 Å². The van der Waals surface area contributed by atoms with Crippen LogP contribution >= 0.6 is 34.6 Å². The molecule has 1 atom stereocenters. The van der Waals surface area contributed by atoms with E-state index in [1.807, 2.05) is 18.6 Å². The number of amides is 2. The lowest BCUT2D eigenvalue weighted by atomic mass is 10.1. The number of thioether (sulfide) groups is 1. The fourth-order valence-electron chi connectivity index (χ4n) is 1.61. The van der Waals surface area contributed by atoms with Crippen molar-refractivity contribution >= 4 is 45.8 Å². The summed E-state index contributed by atoms with van der Waals surface area (Å²) >= 11 is 4.33. The zero-order chi connectivity index (χ0) is 14.5. The molecule has 0 saturated carbocycles. The third-order valence-electron chi connectivity index (χ3n) is 2.90. The van der Waals surface area contributed by atoms with Gasteiger partial charge in [0.15, 0.2) is 0 Å². The van der Waals surface area contributed by atoms with Crippen molar-refractivity contribution in [3.05, 3.63) is 22.4 Å². The van der Waals surface area contributed by atoms with Gasteiger partial charge in [0.2, 0.25) is 10.3 Å². The molecular weight excluding hydrogens is 312 g/mol. The van der Waals surface area contributed by atoms with Crippen LogP contribution in [0.15, 0.2) is 22.0 Å². The Labute approximate surface area is 130 Å². The summed E-state index contributed by atoms with van der Waals surface area (Å²) in [4.78, 5) is 18.0. The predicted molar refractivity (Wildman–Crippen MR) is 86.0 cm³/mol. The number of hydrogen-bond acceptors (Lipinski definition) is 6. The number of nitrogens with zero attached hydrogens (tertiary/aromatic N) is 3. The Bertz CT molecular complexity index is 555. The summed E-state index contributed by atoms with van der Waals surface area (Å²) in [6.45, 7) is 2.03. The van der Waals surface area contributed by atoms with Crippen molar-refractivity contribution < 1.29 is 4.79 Å². The number of anilines is 1. The zero-order valence-corrected chi connectivity index (χ0v) is 13.9. The average Bonchev–Trinajstić information content (AvgIpc) is 3.09. The van der Waals surface area contributed by atoms with Crippen LogP contribution in [0.2, 0.25) is 0 Å². The Morgan fingerprint density at radius 3 is 3.00 bits per heavy atom. The van der Waals surface area contributed by atoms with Gasteiger partial charge in [0, 0.05) is 24.6 Å². The van der Waals surface area contributed by atoms with Crippen LogP contribution in [0, 0.1) is 0 Å². The fraction of sp³-hybridized carbons (Fsp3) is 0.417. The van der Waals surface area contributed by atoms with Crippen molar-refractivity contribution in [1.29, 1.82) is 0 Å². The van der Waals surface area contributed by atoms with E-state index in [-0.39, 0.29) is 12.1 Å². The molecule has 0 aliphatic carbocycles. The summed E-state index contributed by atoms with van der Waals surface area (Å²) in [5.41, 5.74) is 1.25. The zero-order valence-electron chi connectivity index (χ0n) is 11.5. The van der Waals surface area contributed by atoms with Gasteiger partial charge >= 0.3 is 6.03 Å². The average molecular weight is 328 g/mol. The highest BCUT2D eigenvalue weighted by molar-refractivity contribution is 7.98.